The molecule has 1 N–H and O–H groups in total. The summed E-state index contributed by atoms with van der Waals surface area (Å²) in [5.41, 5.74) is 2.24. The Morgan fingerprint density at radius 1 is 1.21 bits per heavy atom. The van der Waals surface area contributed by atoms with Gasteiger partial charge in [-0.3, -0.25) is 9.59 Å². The lowest BCUT2D eigenvalue weighted by molar-refractivity contribution is -0.121. The van der Waals surface area contributed by atoms with E-state index in [0.29, 0.717) is 42.9 Å². The number of rotatable bonds is 7. The van der Waals surface area contributed by atoms with Gasteiger partial charge in [-0.15, -0.1) is 0 Å². The van der Waals surface area contributed by atoms with Crippen LogP contribution >= 0.6 is 0 Å². The second-order valence-corrected chi connectivity index (χ2v) is 8.49. The predicted octanol–water partition coefficient (Wildman–Crippen LogP) is 3.58. The maximum absolute atomic E-state index is 12.9. The molecule has 152 valence electrons. The number of pyridine rings is 1. The molecule has 4 rings (SSSR count). The molecule has 6 heteroatoms. The van der Waals surface area contributed by atoms with Crippen molar-refractivity contribution in [3.63, 3.8) is 0 Å². The predicted molar refractivity (Wildman–Crippen MR) is 106 cm³/mol. The average Bonchev–Trinajstić information content (AvgIpc) is 3.46. The molecule has 2 amide bonds. The quantitative estimate of drug-likeness (QED) is 0.779. The molecule has 2 aliphatic carbocycles. The van der Waals surface area contributed by atoms with Gasteiger partial charge >= 0.3 is 0 Å². The van der Waals surface area contributed by atoms with Crippen molar-refractivity contribution in [2.24, 2.45) is 5.92 Å². The summed E-state index contributed by atoms with van der Waals surface area (Å²) in [5, 5.41) is 2.99. The van der Waals surface area contributed by atoms with Crippen molar-refractivity contribution < 1.29 is 14.3 Å². The number of fused-ring (bicyclic) bond motifs is 1. The number of aromatic nitrogens is 1. The van der Waals surface area contributed by atoms with Gasteiger partial charge < -0.3 is 15.0 Å². The van der Waals surface area contributed by atoms with Gasteiger partial charge in [-0.1, -0.05) is 38.5 Å². The van der Waals surface area contributed by atoms with Crippen LogP contribution in [-0.2, 0) is 17.9 Å². The van der Waals surface area contributed by atoms with E-state index in [1.807, 2.05) is 11.0 Å². The van der Waals surface area contributed by atoms with Gasteiger partial charge in [0.1, 0.15) is 0 Å². The fourth-order valence-corrected chi connectivity index (χ4v) is 5.00. The number of nitrogens with one attached hydrogen (secondary N) is 1. The van der Waals surface area contributed by atoms with Gasteiger partial charge in [0, 0.05) is 24.6 Å². The molecule has 1 aromatic rings. The fourth-order valence-electron chi connectivity index (χ4n) is 5.00. The minimum atomic E-state index is 0.0633. The monoisotopic (exact) mass is 385 g/mol. The van der Waals surface area contributed by atoms with Crippen LogP contribution in [0.3, 0.4) is 0 Å². The molecule has 2 fully saturated rings. The van der Waals surface area contributed by atoms with Crippen LogP contribution < -0.4 is 10.1 Å². The maximum Gasteiger partial charge on any atom is 0.256 e. The van der Waals surface area contributed by atoms with E-state index in [-0.39, 0.29) is 11.8 Å². The van der Waals surface area contributed by atoms with Crippen molar-refractivity contribution in [2.45, 2.75) is 83.3 Å². The molecular formula is C22H31N3O3. The molecule has 2 heterocycles. The Hall–Kier alpha value is -2.11. The highest BCUT2D eigenvalue weighted by molar-refractivity contribution is 5.98. The van der Waals surface area contributed by atoms with Crippen LogP contribution in [0.1, 0.15) is 85.8 Å². The van der Waals surface area contributed by atoms with Crippen molar-refractivity contribution in [2.75, 3.05) is 7.11 Å². The molecule has 0 atom stereocenters. The summed E-state index contributed by atoms with van der Waals surface area (Å²) < 4.78 is 5.45. The first-order valence-corrected chi connectivity index (χ1v) is 10.8. The summed E-state index contributed by atoms with van der Waals surface area (Å²) in [6.07, 6.45) is 11.2. The van der Waals surface area contributed by atoms with E-state index in [9.17, 15) is 9.59 Å². The molecule has 1 aromatic heterocycles. The zero-order valence-corrected chi connectivity index (χ0v) is 16.8. The summed E-state index contributed by atoms with van der Waals surface area (Å²) in [6, 6.07) is 2.21. The largest absolute Gasteiger partial charge is 0.481 e. The molecule has 0 radical (unpaired) electrons. The number of hydrogen-bond donors (Lipinski definition) is 1. The smallest absolute Gasteiger partial charge is 0.256 e. The van der Waals surface area contributed by atoms with E-state index in [4.69, 9.17) is 4.74 Å². The van der Waals surface area contributed by atoms with E-state index >= 15 is 0 Å². The lowest BCUT2D eigenvalue weighted by Crippen LogP contribution is -2.33. The van der Waals surface area contributed by atoms with E-state index in [2.05, 4.69) is 10.3 Å². The standard InChI is InChI=1S/C22H31N3O3/c1-28-21-16(13-23-20(26)11-10-15-6-2-3-7-15)12-18-19(24-21)14-25(22(18)27)17-8-4-5-9-17/h12,15,17H,2-11,13-14H2,1H3,(H,23,26). The van der Waals surface area contributed by atoms with Crippen LogP contribution in [0.5, 0.6) is 5.88 Å². The van der Waals surface area contributed by atoms with Gasteiger partial charge in [0.25, 0.3) is 5.91 Å². The molecule has 0 saturated heterocycles. The molecule has 3 aliphatic rings. The highest BCUT2D eigenvalue weighted by Crippen LogP contribution is 2.33. The minimum absolute atomic E-state index is 0.0633. The lowest BCUT2D eigenvalue weighted by Gasteiger charge is -2.22. The first-order valence-electron chi connectivity index (χ1n) is 10.8. The molecule has 1 aliphatic heterocycles. The SMILES string of the molecule is COc1nc2c(cc1CNC(=O)CCC1CCCC1)C(=O)N(C1CCCC1)C2. The summed E-state index contributed by atoms with van der Waals surface area (Å²) >= 11 is 0. The number of methoxy groups -OCH3 is 1. The summed E-state index contributed by atoms with van der Waals surface area (Å²) in [5.74, 6) is 1.36. The van der Waals surface area contributed by atoms with Gasteiger partial charge in [-0.2, -0.15) is 0 Å². The minimum Gasteiger partial charge on any atom is -0.481 e. The van der Waals surface area contributed by atoms with Crippen molar-refractivity contribution in [1.82, 2.24) is 15.2 Å². The van der Waals surface area contributed by atoms with Crippen molar-refractivity contribution in [3.05, 3.63) is 22.9 Å². The summed E-state index contributed by atoms with van der Waals surface area (Å²) in [4.78, 5) is 31.7. The lowest BCUT2D eigenvalue weighted by atomic mass is 10.0. The third kappa shape index (κ3) is 4.01. The highest BCUT2D eigenvalue weighted by atomic mass is 16.5. The average molecular weight is 386 g/mol. The van der Waals surface area contributed by atoms with Crippen LogP contribution in [0, 0.1) is 5.92 Å². The Morgan fingerprint density at radius 2 is 1.93 bits per heavy atom. The van der Waals surface area contributed by atoms with Crippen LogP contribution in [0.25, 0.3) is 0 Å². The van der Waals surface area contributed by atoms with Crippen LogP contribution in [0.15, 0.2) is 6.07 Å². The molecule has 0 aromatic carbocycles. The first kappa shape index (κ1) is 19.2. The van der Waals surface area contributed by atoms with Crippen molar-refractivity contribution >= 4 is 11.8 Å². The molecule has 6 nitrogen and oxygen atoms in total. The molecule has 0 bridgehead atoms. The number of hydrogen-bond acceptors (Lipinski definition) is 4. The Kier molecular flexibility index (Phi) is 5.83. The molecule has 28 heavy (non-hydrogen) atoms. The maximum atomic E-state index is 12.9. The van der Waals surface area contributed by atoms with Crippen molar-refractivity contribution in [1.29, 1.82) is 0 Å². The van der Waals surface area contributed by atoms with Gasteiger partial charge in [-0.25, -0.2) is 4.98 Å². The Labute approximate surface area is 167 Å². The van der Waals surface area contributed by atoms with E-state index in [1.54, 1.807) is 7.11 Å². The van der Waals surface area contributed by atoms with E-state index in [1.165, 1.54) is 38.5 Å². The van der Waals surface area contributed by atoms with Crippen LogP contribution in [0.4, 0.5) is 0 Å². The Morgan fingerprint density at radius 3 is 2.64 bits per heavy atom. The molecule has 0 spiro atoms. The first-order chi connectivity index (χ1) is 13.7. The zero-order chi connectivity index (χ0) is 19.5. The number of ether oxygens (including phenoxy) is 1. The third-order valence-corrected chi connectivity index (χ3v) is 6.64. The van der Waals surface area contributed by atoms with Crippen LogP contribution in [0.2, 0.25) is 0 Å². The number of carbonyl (C=O) groups excluding carboxylic acids is 2. The second-order valence-electron chi connectivity index (χ2n) is 8.49. The van der Waals surface area contributed by atoms with E-state index in [0.717, 1.165) is 30.5 Å². The summed E-state index contributed by atoms with van der Waals surface area (Å²) in [6.45, 7) is 0.923. The number of amides is 2. The van der Waals surface area contributed by atoms with Gasteiger partial charge in [-0.05, 0) is 31.2 Å². The Bertz CT molecular complexity index is 737. The van der Waals surface area contributed by atoms with Gasteiger partial charge in [0.05, 0.1) is 24.9 Å². The topological polar surface area (TPSA) is 71.5 Å². The fraction of sp³-hybridized carbons (Fsp3) is 0.682. The third-order valence-electron chi connectivity index (χ3n) is 6.64. The van der Waals surface area contributed by atoms with E-state index < -0.39 is 0 Å². The molecule has 2 saturated carbocycles. The van der Waals surface area contributed by atoms with Gasteiger partial charge in [0.15, 0.2) is 0 Å². The number of carbonyl (C=O) groups is 2. The normalized spacial score (nSPS) is 20.0. The molecule has 0 unspecified atom stereocenters. The van der Waals surface area contributed by atoms with Crippen LogP contribution in [-0.4, -0.2) is 34.8 Å². The highest BCUT2D eigenvalue weighted by Gasteiger charge is 2.35. The molecular weight excluding hydrogens is 354 g/mol. The van der Waals surface area contributed by atoms with Crippen molar-refractivity contribution in [3.8, 4) is 5.88 Å². The van der Waals surface area contributed by atoms with Gasteiger partial charge in [0.2, 0.25) is 11.8 Å². The number of nitrogens with zero attached hydrogens (tertiary/aromatic N) is 2. The summed E-state index contributed by atoms with van der Waals surface area (Å²) in [7, 11) is 1.59. The second kappa shape index (κ2) is 8.50. The Balaban J connectivity index is 1.39. The zero-order valence-electron chi connectivity index (χ0n) is 16.8.